The molecular formula is C33H34ClN5O2. The van der Waals surface area contributed by atoms with E-state index in [9.17, 15) is 9.59 Å². The van der Waals surface area contributed by atoms with Gasteiger partial charge in [-0.2, -0.15) is 0 Å². The van der Waals surface area contributed by atoms with Crippen LogP contribution in [0.4, 0.5) is 5.69 Å². The minimum absolute atomic E-state index is 0.0336. The van der Waals surface area contributed by atoms with Crippen LogP contribution >= 0.6 is 11.6 Å². The van der Waals surface area contributed by atoms with E-state index < -0.39 is 0 Å². The van der Waals surface area contributed by atoms with E-state index in [4.69, 9.17) is 11.6 Å². The molecule has 7 nitrogen and oxygen atoms in total. The number of pyridine rings is 1. The predicted molar refractivity (Wildman–Crippen MR) is 161 cm³/mol. The average Bonchev–Trinajstić information content (AvgIpc) is 3.50. The van der Waals surface area contributed by atoms with Crippen molar-refractivity contribution in [3.8, 4) is 5.69 Å². The van der Waals surface area contributed by atoms with Gasteiger partial charge in [-0.25, -0.2) is 9.97 Å². The largest absolute Gasteiger partial charge is 0.335 e. The summed E-state index contributed by atoms with van der Waals surface area (Å²) in [5.41, 5.74) is 4.94. The number of aromatic nitrogens is 3. The smallest absolute Gasteiger partial charge is 0.257 e. The number of benzene rings is 2. The van der Waals surface area contributed by atoms with Gasteiger partial charge in [-0.05, 0) is 91.5 Å². The van der Waals surface area contributed by atoms with Gasteiger partial charge in [-0.1, -0.05) is 43.1 Å². The number of aryl methyl sites for hydroxylation is 1. The number of hydrogen-bond acceptors (Lipinski definition) is 4. The molecule has 2 aromatic heterocycles. The van der Waals surface area contributed by atoms with E-state index in [1.807, 2.05) is 42.2 Å². The lowest BCUT2D eigenvalue weighted by Crippen LogP contribution is -2.55. The molecule has 6 rings (SSSR count). The third kappa shape index (κ3) is 5.51. The van der Waals surface area contributed by atoms with E-state index in [1.165, 1.54) is 18.2 Å². The van der Waals surface area contributed by atoms with Crippen molar-refractivity contribution in [1.29, 1.82) is 0 Å². The summed E-state index contributed by atoms with van der Waals surface area (Å²) < 4.78 is 2.01. The summed E-state index contributed by atoms with van der Waals surface area (Å²) in [6.45, 7) is 4.95. The standard InChI is InChI=1S/C33H34ClN5O2/c1-21-6-7-25(18-29(21)37-32(40)26-10-13-30(34)36-19-26)33(41)39-16-14-28(22(2)31(39)24-4-3-5-24)23-8-11-27(12-9-23)38-17-15-35-20-38/h6-13,15,17-20,22,24,28,31H,3-5,14,16H2,1-2H3,(H,37,40)/t22-,28+,31?/m1/s1. The van der Waals surface area contributed by atoms with Gasteiger partial charge < -0.3 is 14.8 Å². The summed E-state index contributed by atoms with van der Waals surface area (Å²) in [5, 5.41) is 3.28. The number of hydrogen-bond donors (Lipinski definition) is 1. The molecule has 3 atom stereocenters. The van der Waals surface area contributed by atoms with Crippen molar-refractivity contribution in [3.63, 3.8) is 0 Å². The van der Waals surface area contributed by atoms with Crippen LogP contribution in [0.15, 0.2) is 79.5 Å². The first-order valence-electron chi connectivity index (χ1n) is 14.3. The third-order valence-corrected chi connectivity index (χ3v) is 9.18. The second kappa shape index (κ2) is 11.5. The van der Waals surface area contributed by atoms with Crippen LogP contribution in [0, 0.1) is 18.8 Å². The fourth-order valence-corrected chi connectivity index (χ4v) is 6.56. The third-order valence-electron chi connectivity index (χ3n) is 8.95. The van der Waals surface area contributed by atoms with Gasteiger partial charge in [-0.15, -0.1) is 0 Å². The maximum absolute atomic E-state index is 14.1. The Bertz CT molecular complexity index is 1530. The van der Waals surface area contributed by atoms with Crippen molar-refractivity contribution in [2.45, 2.75) is 51.5 Å². The van der Waals surface area contributed by atoms with E-state index in [-0.39, 0.29) is 17.9 Å². The zero-order valence-electron chi connectivity index (χ0n) is 23.3. The van der Waals surface area contributed by atoms with Crippen molar-refractivity contribution >= 4 is 29.1 Å². The molecule has 1 unspecified atom stereocenters. The van der Waals surface area contributed by atoms with Crippen LogP contribution in [0.2, 0.25) is 5.15 Å². The van der Waals surface area contributed by atoms with E-state index in [2.05, 4.69) is 51.4 Å². The maximum atomic E-state index is 14.1. The summed E-state index contributed by atoms with van der Waals surface area (Å²) in [5.74, 6) is 0.986. The van der Waals surface area contributed by atoms with Gasteiger partial charge in [-0.3, -0.25) is 9.59 Å². The number of likely N-dealkylation sites (tertiary alicyclic amines) is 1. The predicted octanol–water partition coefficient (Wildman–Crippen LogP) is 6.92. The van der Waals surface area contributed by atoms with Crippen molar-refractivity contribution in [2.75, 3.05) is 11.9 Å². The van der Waals surface area contributed by atoms with Crippen LogP contribution in [0.3, 0.4) is 0 Å². The maximum Gasteiger partial charge on any atom is 0.257 e. The number of piperidine rings is 1. The lowest BCUT2D eigenvalue weighted by atomic mass is 9.67. The lowest BCUT2D eigenvalue weighted by Gasteiger charge is -2.50. The highest BCUT2D eigenvalue weighted by molar-refractivity contribution is 6.29. The number of nitrogens with one attached hydrogen (secondary N) is 1. The van der Waals surface area contributed by atoms with Crippen LogP contribution in [0.1, 0.15) is 70.4 Å². The molecule has 210 valence electrons. The SMILES string of the molecule is Cc1ccc(C(=O)N2CC[C@H](c3ccc(-n4ccnc4)cc3)[C@@H](C)C2C2CCC2)cc1NC(=O)c1ccc(Cl)nc1. The summed E-state index contributed by atoms with van der Waals surface area (Å²) in [6.07, 6.45) is 11.5. The summed E-state index contributed by atoms with van der Waals surface area (Å²) in [4.78, 5) is 37.2. The fourth-order valence-electron chi connectivity index (χ4n) is 6.45. The number of carbonyl (C=O) groups excluding carboxylic acids is 2. The molecule has 1 aliphatic carbocycles. The van der Waals surface area contributed by atoms with Gasteiger partial charge in [0, 0.05) is 48.1 Å². The van der Waals surface area contributed by atoms with Crippen molar-refractivity contribution < 1.29 is 9.59 Å². The molecule has 1 N–H and O–H groups in total. The van der Waals surface area contributed by atoms with Crippen LogP contribution < -0.4 is 5.32 Å². The van der Waals surface area contributed by atoms with Crippen molar-refractivity contribution in [3.05, 3.63) is 107 Å². The van der Waals surface area contributed by atoms with Gasteiger partial charge in [0.1, 0.15) is 5.15 Å². The molecule has 2 amide bonds. The highest BCUT2D eigenvalue weighted by Crippen LogP contribution is 2.45. The second-order valence-corrected chi connectivity index (χ2v) is 11.7. The van der Waals surface area contributed by atoms with Gasteiger partial charge in [0.05, 0.1) is 11.9 Å². The Kier molecular flexibility index (Phi) is 7.63. The zero-order valence-corrected chi connectivity index (χ0v) is 24.1. The Hall–Kier alpha value is -3.97. The van der Waals surface area contributed by atoms with E-state index in [1.54, 1.807) is 18.3 Å². The number of imidazole rings is 1. The summed E-state index contributed by atoms with van der Waals surface area (Å²) in [7, 11) is 0. The molecular weight excluding hydrogens is 534 g/mol. The molecule has 2 fully saturated rings. The monoisotopic (exact) mass is 567 g/mol. The molecule has 2 aliphatic rings. The Labute approximate surface area is 245 Å². The first kappa shape index (κ1) is 27.2. The molecule has 2 aromatic carbocycles. The molecule has 1 saturated carbocycles. The molecule has 0 bridgehead atoms. The first-order valence-corrected chi connectivity index (χ1v) is 14.7. The minimum Gasteiger partial charge on any atom is -0.335 e. The van der Waals surface area contributed by atoms with Gasteiger partial charge in [0.15, 0.2) is 0 Å². The molecule has 1 aliphatic heterocycles. The summed E-state index contributed by atoms with van der Waals surface area (Å²) in [6, 6.07) is 17.8. The van der Waals surface area contributed by atoms with E-state index in [0.29, 0.717) is 46.3 Å². The Balaban J connectivity index is 1.22. The molecule has 4 aromatic rings. The van der Waals surface area contributed by atoms with Crippen LogP contribution in [-0.4, -0.2) is 43.8 Å². The lowest BCUT2D eigenvalue weighted by molar-refractivity contribution is 0.0144. The van der Waals surface area contributed by atoms with Crippen LogP contribution in [0.5, 0.6) is 0 Å². The van der Waals surface area contributed by atoms with Gasteiger partial charge in [0.25, 0.3) is 11.8 Å². The van der Waals surface area contributed by atoms with Crippen LogP contribution in [-0.2, 0) is 0 Å². The molecule has 3 heterocycles. The van der Waals surface area contributed by atoms with Gasteiger partial charge >= 0.3 is 0 Å². The summed E-state index contributed by atoms with van der Waals surface area (Å²) >= 11 is 5.87. The highest BCUT2D eigenvalue weighted by Gasteiger charge is 2.44. The number of rotatable bonds is 6. The number of carbonyl (C=O) groups is 2. The van der Waals surface area contributed by atoms with Crippen molar-refractivity contribution in [2.24, 2.45) is 11.8 Å². The number of anilines is 1. The first-order chi connectivity index (χ1) is 19.9. The molecule has 0 spiro atoms. The Morgan fingerprint density at radius 2 is 1.78 bits per heavy atom. The average molecular weight is 568 g/mol. The van der Waals surface area contributed by atoms with Crippen LogP contribution in [0.25, 0.3) is 5.69 Å². The fraction of sp³-hybridized carbons (Fsp3) is 0.333. The van der Waals surface area contributed by atoms with Crippen molar-refractivity contribution in [1.82, 2.24) is 19.4 Å². The molecule has 8 heteroatoms. The zero-order chi connectivity index (χ0) is 28.5. The number of halogens is 1. The normalized spacial score (nSPS) is 20.9. The van der Waals surface area contributed by atoms with E-state index in [0.717, 1.165) is 30.5 Å². The number of nitrogens with zero attached hydrogens (tertiary/aromatic N) is 4. The highest BCUT2D eigenvalue weighted by atomic mass is 35.5. The van der Waals surface area contributed by atoms with Gasteiger partial charge in [0.2, 0.25) is 0 Å². The Morgan fingerprint density at radius 1 is 1.00 bits per heavy atom. The minimum atomic E-state index is -0.289. The second-order valence-electron chi connectivity index (χ2n) is 11.3. The Morgan fingerprint density at radius 3 is 2.44 bits per heavy atom. The molecule has 0 radical (unpaired) electrons. The van der Waals surface area contributed by atoms with E-state index >= 15 is 0 Å². The molecule has 1 saturated heterocycles. The number of amides is 2. The quantitative estimate of drug-likeness (QED) is 0.257. The molecule has 41 heavy (non-hydrogen) atoms. The topological polar surface area (TPSA) is 80.1 Å².